The summed E-state index contributed by atoms with van der Waals surface area (Å²) in [5.41, 5.74) is 7.83. The minimum atomic E-state index is 0.359. The van der Waals surface area contributed by atoms with Gasteiger partial charge >= 0.3 is 0 Å². The normalized spacial score (nSPS) is 12.1. The number of aryl methyl sites for hydroxylation is 1. The number of hydrogen-bond donors (Lipinski definition) is 2. The number of aromatic nitrogens is 4. The molecule has 5 nitrogen and oxygen atoms in total. The van der Waals surface area contributed by atoms with Crippen LogP contribution in [0.25, 0.3) is 11.0 Å². The van der Waals surface area contributed by atoms with Crippen molar-refractivity contribution < 1.29 is 0 Å². The van der Waals surface area contributed by atoms with E-state index in [1.807, 2.05) is 4.68 Å². The number of nitrogens with one attached hydrogen (secondary N) is 1. The van der Waals surface area contributed by atoms with Crippen molar-refractivity contribution in [1.82, 2.24) is 20.0 Å². The molecule has 2 aromatic rings. The van der Waals surface area contributed by atoms with Gasteiger partial charge in [-0.05, 0) is 18.3 Å². The molecule has 5 heteroatoms. The summed E-state index contributed by atoms with van der Waals surface area (Å²) in [7, 11) is 0. The monoisotopic (exact) mass is 235 g/mol. The summed E-state index contributed by atoms with van der Waals surface area (Å²) in [6, 6.07) is 0. The number of fused-ring (bicyclic) bond motifs is 1. The van der Waals surface area contributed by atoms with E-state index in [1.54, 1.807) is 0 Å². The van der Waals surface area contributed by atoms with Crippen LogP contribution in [0.1, 0.15) is 45.7 Å². The van der Waals surface area contributed by atoms with Gasteiger partial charge in [-0.2, -0.15) is 10.2 Å². The van der Waals surface area contributed by atoms with Crippen LogP contribution in [0.3, 0.4) is 0 Å². The Morgan fingerprint density at radius 3 is 2.59 bits per heavy atom. The Kier molecular flexibility index (Phi) is 3.09. The van der Waals surface area contributed by atoms with Gasteiger partial charge in [-0.15, -0.1) is 0 Å². The van der Waals surface area contributed by atoms with Crippen LogP contribution in [0.5, 0.6) is 0 Å². The van der Waals surface area contributed by atoms with Gasteiger partial charge in [0.15, 0.2) is 5.65 Å². The van der Waals surface area contributed by atoms with Crippen LogP contribution < -0.4 is 5.73 Å². The minimum Gasteiger partial charge on any atom is -0.383 e. The summed E-state index contributed by atoms with van der Waals surface area (Å²) in [5, 5.41) is 12.7. The van der Waals surface area contributed by atoms with Crippen LogP contribution in [-0.2, 0) is 6.54 Å². The summed E-state index contributed by atoms with van der Waals surface area (Å²) in [6.07, 6.45) is 1.10. The number of hydrogen-bond acceptors (Lipinski definition) is 3. The smallest absolute Gasteiger partial charge is 0.182 e. The molecular weight excluding hydrogens is 214 g/mol. The summed E-state index contributed by atoms with van der Waals surface area (Å²) in [6.45, 7) is 9.57. The fourth-order valence-electron chi connectivity index (χ4n) is 1.95. The maximum Gasteiger partial charge on any atom is 0.182 e. The van der Waals surface area contributed by atoms with Crippen LogP contribution in [-0.4, -0.2) is 20.0 Å². The number of H-pyrrole nitrogens is 1. The molecule has 0 aliphatic rings. The summed E-state index contributed by atoms with van der Waals surface area (Å²) in [5.74, 6) is 1.64. The predicted octanol–water partition coefficient (Wildman–Crippen LogP) is 2.51. The zero-order chi connectivity index (χ0) is 12.6. The van der Waals surface area contributed by atoms with Gasteiger partial charge in [0, 0.05) is 6.54 Å². The number of nitrogens with two attached hydrogens (primary N) is 1. The number of nitrogens with zero attached hydrogens (tertiary/aromatic N) is 3. The third-order valence-electron chi connectivity index (χ3n) is 2.97. The molecule has 0 bridgehead atoms. The van der Waals surface area contributed by atoms with Gasteiger partial charge in [-0.25, -0.2) is 4.68 Å². The molecule has 0 fully saturated rings. The van der Waals surface area contributed by atoms with E-state index in [4.69, 9.17) is 5.73 Å². The topological polar surface area (TPSA) is 72.5 Å². The standard InChI is InChI=1S/C12H21N5/c1-7(2)5-6-17-12-9(11(13)14-15-12)10(16-17)8(3)4/h7-8H,5-6H2,1-4H3,(H3,13,14,15). The number of anilines is 1. The zero-order valence-corrected chi connectivity index (χ0v) is 11.0. The first-order chi connectivity index (χ1) is 8.00. The van der Waals surface area contributed by atoms with Crippen LogP contribution in [0.2, 0.25) is 0 Å². The first-order valence-corrected chi connectivity index (χ1v) is 6.21. The Hall–Kier alpha value is -1.52. The Labute approximate surface area is 101 Å². The van der Waals surface area contributed by atoms with Gasteiger partial charge in [0.05, 0.1) is 11.1 Å². The van der Waals surface area contributed by atoms with Crippen molar-refractivity contribution in [2.45, 2.75) is 46.6 Å². The number of rotatable bonds is 4. The SMILES string of the molecule is CC(C)CCn1nc(C(C)C)c2c(N)[nH]nc21. The lowest BCUT2D eigenvalue weighted by Gasteiger charge is -2.05. The van der Waals surface area contributed by atoms with Crippen molar-refractivity contribution in [2.75, 3.05) is 5.73 Å². The maximum absolute atomic E-state index is 5.91. The molecule has 0 spiro atoms. The quantitative estimate of drug-likeness (QED) is 0.855. The number of aromatic amines is 1. The second-order valence-electron chi connectivity index (χ2n) is 5.28. The molecule has 0 saturated heterocycles. The molecule has 0 saturated carbocycles. The molecule has 2 rings (SSSR count). The van der Waals surface area contributed by atoms with E-state index in [9.17, 15) is 0 Å². The highest BCUT2D eigenvalue weighted by Gasteiger charge is 2.18. The highest BCUT2D eigenvalue weighted by Crippen LogP contribution is 2.27. The van der Waals surface area contributed by atoms with Crippen LogP contribution in [0.4, 0.5) is 5.82 Å². The average Bonchev–Trinajstić information content (AvgIpc) is 2.77. The van der Waals surface area contributed by atoms with Crippen molar-refractivity contribution in [3.63, 3.8) is 0 Å². The lowest BCUT2D eigenvalue weighted by molar-refractivity contribution is 0.489. The van der Waals surface area contributed by atoms with Gasteiger partial charge in [-0.3, -0.25) is 5.10 Å². The first-order valence-electron chi connectivity index (χ1n) is 6.21. The second-order valence-corrected chi connectivity index (χ2v) is 5.28. The van der Waals surface area contributed by atoms with Crippen LogP contribution in [0.15, 0.2) is 0 Å². The summed E-state index contributed by atoms with van der Waals surface area (Å²) < 4.78 is 1.97. The van der Waals surface area contributed by atoms with Gasteiger partial charge in [0.2, 0.25) is 0 Å². The first kappa shape index (κ1) is 12.0. The van der Waals surface area contributed by atoms with E-state index in [1.165, 1.54) is 0 Å². The number of nitrogen functional groups attached to an aromatic ring is 1. The third kappa shape index (κ3) is 2.14. The van der Waals surface area contributed by atoms with Crippen molar-refractivity contribution in [2.24, 2.45) is 5.92 Å². The molecular formula is C12H21N5. The molecule has 2 aromatic heterocycles. The fraction of sp³-hybridized carbons (Fsp3) is 0.667. The van der Waals surface area contributed by atoms with Crippen molar-refractivity contribution in [3.8, 4) is 0 Å². The molecule has 0 atom stereocenters. The fourth-order valence-corrected chi connectivity index (χ4v) is 1.95. The van der Waals surface area contributed by atoms with Crippen LogP contribution in [0, 0.1) is 5.92 Å². The highest BCUT2D eigenvalue weighted by molar-refractivity contribution is 5.89. The predicted molar refractivity (Wildman–Crippen MR) is 69.8 cm³/mol. The molecule has 0 radical (unpaired) electrons. The minimum absolute atomic E-state index is 0.359. The van der Waals surface area contributed by atoms with Gasteiger partial charge in [0.25, 0.3) is 0 Å². The van der Waals surface area contributed by atoms with Crippen LogP contribution >= 0.6 is 0 Å². The largest absolute Gasteiger partial charge is 0.383 e. The van der Waals surface area contributed by atoms with Crippen molar-refractivity contribution >= 4 is 16.9 Å². The Morgan fingerprint density at radius 2 is 2.00 bits per heavy atom. The van der Waals surface area contributed by atoms with Gasteiger partial charge in [0.1, 0.15) is 5.82 Å². The summed E-state index contributed by atoms with van der Waals surface area (Å²) >= 11 is 0. The lowest BCUT2D eigenvalue weighted by Crippen LogP contribution is -2.05. The van der Waals surface area contributed by atoms with E-state index < -0.39 is 0 Å². The van der Waals surface area contributed by atoms with E-state index in [0.717, 1.165) is 29.7 Å². The highest BCUT2D eigenvalue weighted by atomic mass is 15.3. The van der Waals surface area contributed by atoms with E-state index in [2.05, 4.69) is 43.0 Å². The molecule has 0 aliphatic heterocycles. The molecule has 3 N–H and O–H groups in total. The van der Waals surface area contributed by atoms with Gasteiger partial charge in [-0.1, -0.05) is 27.7 Å². The molecule has 17 heavy (non-hydrogen) atoms. The molecule has 2 heterocycles. The Morgan fingerprint density at radius 1 is 1.29 bits per heavy atom. The van der Waals surface area contributed by atoms with E-state index >= 15 is 0 Å². The molecule has 94 valence electrons. The molecule has 0 amide bonds. The molecule has 0 aliphatic carbocycles. The molecule has 0 aromatic carbocycles. The Bertz CT molecular complexity index is 506. The zero-order valence-electron chi connectivity index (χ0n) is 11.0. The van der Waals surface area contributed by atoms with Gasteiger partial charge < -0.3 is 5.73 Å². The van der Waals surface area contributed by atoms with Crippen molar-refractivity contribution in [3.05, 3.63) is 5.69 Å². The van der Waals surface area contributed by atoms with E-state index in [0.29, 0.717) is 17.7 Å². The lowest BCUT2D eigenvalue weighted by atomic mass is 10.1. The Balaban J connectivity index is 2.43. The van der Waals surface area contributed by atoms with E-state index in [-0.39, 0.29) is 0 Å². The second kappa shape index (κ2) is 4.39. The average molecular weight is 235 g/mol. The third-order valence-corrected chi connectivity index (χ3v) is 2.97. The maximum atomic E-state index is 5.91. The van der Waals surface area contributed by atoms with Crippen molar-refractivity contribution in [1.29, 1.82) is 0 Å². The summed E-state index contributed by atoms with van der Waals surface area (Å²) in [4.78, 5) is 0. The molecule has 0 unspecified atom stereocenters.